The van der Waals surface area contributed by atoms with Crippen molar-refractivity contribution in [2.45, 2.75) is 30.9 Å². The molecule has 0 unspecified atom stereocenters. The molecule has 1 aliphatic carbocycles. The lowest BCUT2D eigenvalue weighted by Crippen LogP contribution is -2.19. The molecular formula is C12H11F3O2. The topological polar surface area (TPSA) is 37.3 Å². The lowest BCUT2D eigenvalue weighted by atomic mass is 9.88. The average Bonchev–Trinajstić information content (AvgIpc) is 2.97. The summed E-state index contributed by atoms with van der Waals surface area (Å²) in [6.45, 7) is 0. The Labute approximate surface area is 96.1 Å². The smallest absolute Gasteiger partial charge is 0.416 e. The molecule has 0 radical (unpaired) electrons. The van der Waals surface area contributed by atoms with E-state index in [4.69, 9.17) is 5.11 Å². The fourth-order valence-electron chi connectivity index (χ4n) is 2.17. The molecule has 2 nitrogen and oxygen atoms in total. The Morgan fingerprint density at radius 1 is 1.29 bits per heavy atom. The summed E-state index contributed by atoms with van der Waals surface area (Å²) in [7, 11) is 0. The number of hydrogen-bond donors (Lipinski definition) is 1. The Morgan fingerprint density at radius 2 is 1.88 bits per heavy atom. The van der Waals surface area contributed by atoms with Gasteiger partial charge in [-0.25, -0.2) is 0 Å². The van der Waals surface area contributed by atoms with Crippen LogP contribution in [0.3, 0.4) is 0 Å². The Hall–Kier alpha value is -1.52. The van der Waals surface area contributed by atoms with Gasteiger partial charge in [0.1, 0.15) is 0 Å². The van der Waals surface area contributed by atoms with Gasteiger partial charge in [0, 0.05) is 5.41 Å². The summed E-state index contributed by atoms with van der Waals surface area (Å²) < 4.78 is 38.4. The van der Waals surface area contributed by atoms with E-state index < -0.39 is 23.1 Å². The molecular weight excluding hydrogens is 233 g/mol. The molecule has 0 heterocycles. The average molecular weight is 244 g/mol. The minimum Gasteiger partial charge on any atom is -0.481 e. The normalized spacial score (nSPS) is 17.8. The molecule has 1 aromatic rings. The highest BCUT2D eigenvalue weighted by molar-refractivity contribution is 5.70. The second-order valence-electron chi connectivity index (χ2n) is 4.39. The van der Waals surface area contributed by atoms with Crippen LogP contribution in [0.25, 0.3) is 0 Å². The Kier molecular flexibility index (Phi) is 2.64. The van der Waals surface area contributed by atoms with E-state index in [2.05, 4.69) is 0 Å². The molecule has 92 valence electrons. The van der Waals surface area contributed by atoms with E-state index in [0.717, 1.165) is 6.07 Å². The largest absolute Gasteiger partial charge is 0.481 e. The molecule has 1 fully saturated rings. The second-order valence-corrected chi connectivity index (χ2v) is 4.39. The van der Waals surface area contributed by atoms with Gasteiger partial charge in [-0.05, 0) is 24.5 Å². The van der Waals surface area contributed by atoms with Gasteiger partial charge in [0.25, 0.3) is 0 Å². The van der Waals surface area contributed by atoms with Gasteiger partial charge >= 0.3 is 12.1 Å². The molecule has 0 aromatic heterocycles. The van der Waals surface area contributed by atoms with Crippen molar-refractivity contribution < 1.29 is 23.1 Å². The zero-order chi connectivity index (χ0) is 12.7. The first-order valence-electron chi connectivity index (χ1n) is 5.24. The number of carboxylic acids is 1. The van der Waals surface area contributed by atoms with Crippen LogP contribution in [-0.4, -0.2) is 11.1 Å². The van der Waals surface area contributed by atoms with Gasteiger partial charge in [0.15, 0.2) is 0 Å². The Bertz CT molecular complexity index is 447. The number of aliphatic carboxylic acids is 1. The first-order chi connectivity index (χ1) is 7.85. The third kappa shape index (κ3) is 2.28. The number of carbonyl (C=O) groups is 1. The van der Waals surface area contributed by atoms with Crippen LogP contribution in [-0.2, 0) is 16.4 Å². The SMILES string of the molecule is O=C(O)CC1(c2ccccc2C(F)(F)F)CC1. The first kappa shape index (κ1) is 12.0. The van der Waals surface area contributed by atoms with E-state index in [1.54, 1.807) is 0 Å². The van der Waals surface area contributed by atoms with E-state index in [1.165, 1.54) is 18.2 Å². The third-order valence-corrected chi connectivity index (χ3v) is 3.15. The van der Waals surface area contributed by atoms with Crippen LogP contribution in [0, 0.1) is 0 Å². The minimum absolute atomic E-state index is 0.120. The van der Waals surface area contributed by atoms with Gasteiger partial charge in [0.2, 0.25) is 0 Å². The summed E-state index contributed by atoms with van der Waals surface area (Å²) in [4.78, 5) is 10.7. The van der Waals surface area contributed by atoms with Crippen LogP contribution in [0.4, 0.5) is 13.2 Å². The quantitative estimate of drug-likeness (QED) is 0.886. The van der Waals surface area contributed by atoms with Crippen LogP contribution >= 0.6 is 0 Å². The van der Waals surface area contributed by atoms with Crippen molar-refractivity contribution in [1.82, 2.24) is 0 Å². The van der Waals surface area contributed by atoms with Crippen molar-refractivity contribution in [3.05, 3.63) is 35.4 Å². The predicted octanol–water partition coefficient (Wildman–Crippen LogP) is 3.21. The van der Waals surface area contributed by atoms with Gasteiger partial charge in [-0.15, -0.1) is 0 Å². The van der Waals surface area contributed by atoms with E-state index >= 15 is 0 Å². The number of hydrogen-bond acceptors (Lipinski definition) is 1. The standard InChI is InChI=1S/C12H11F3O2/c13-12(14,15)9-4-2-1-3-8(9)11(5-6-11)7-10(16)17/h1-4H,5-7H2,(H,16,17). The summed E-state index contributed by atoms with van der Waals surface area (Å²) >= 11 is 0. The molecule has 0 saturated heterocycles. The van der Waals surface area contributed by atoms with Crippen molar-refractivity contribution in [1.29, 1.82) is 0 Å². The molecule has 0 bridgehead atoms. The van der Waals surface area contributed by atoms with Crippen molar-refractivity contribution >= 4 is 5.97 Å². The Balaban J connectivity index is 2.43. The monoisotopic (exact) mass is 244 g/mol. The minimum atomic E-state index is -4.43. The molecule has 1 aromatic carbocycles. The lowest BCUT2D eigenvalue weighted by Gasteiger charge is -2.19. The van der Waals surface area contributed by atoms with Crippen LogP contribution in [0.5, 0.6) is 0 Å². The second kappa shape index (κ2) is 3.75. The molecule has 0 atom stereocenters. The predicted molar refractivity (Wildman–Crippen MR) is 54.6 cm³/mol. The summed E-state index contributed by atoms with van der Waals surface area (Å²) in [6, 6.07) is 5.24. The molecule has 0 spiro atoms. The first-order valence-corrected chi connectivity index (χ1v) is 5.24. The van der Waals surface area contributed by atoms with Gasteiger partial charge in [0.05, 0.1) is 12.0 Å². The molecule has 1 N–H and O–H groups in total. The number of alkyl halides is 3. The summed E-state index contributed by atoms with van der Waals surface area (Å²) in [5.41, 5.74) is -1.40. The van der Waals surface area contributed by atoms with E-state index in [9.17, 15) is 18.0 Å². The molecule has 17 heavy (non-hydrogen) atoms. The lowest BCUT2D eigenvalue weighted by molar-refractivity contribution is -0.141. The fraction of sp³-hybridized carbons (Fsp3) is 0.417. The van der Waals surface area contributed by atoms with Crippen molar-refractivity contribution in [3.63, 3.8) is 0 Å². The Morgan fingerprint density at radius 3 is 2.35 bits per heavy atom. The number of carboxylic acid groups (broad SMARTS) is 1. The van der Waals surface area contributed by atoms with Crippen LogP contribution in [0.1, 0.15) is 30.4 Å². The molecule has 1 aliphatic rings. The van der Waals surface area contributed by atoms with E-state index in [0.29, 0.717) is 12.8 Å². The maximum atomic E-state index is 12.8. The summed E-state index contributed by atoms with van der Waals surface area (Å²) in [6.07, 6.45) is -3.65. The molecule has 1 saturated carbocycles. The highest BCUT2D eigenvalue weighted by Gasteiger charge is 2.50. The van der Waals surface area contributed by atoms with Gasteiger partial charge in [-0.3, -0.25) is 4.79 Å². The van der Waals surface area contributed by atoms with Crippen molar-refractivity contribution in [2.75, 3.05) is 0 Å². The molecule has 0 amide bonds. The van der Waals surface area contributed by atoms with Crippen LogP contribution < -0.4 is 0 Å². The molecule has 0 aliphatic heterocycles. The number of benzene rings is 1. The maximum Gasteiger partial charge on any atom is 0.416 e. The summed E-state index contributed by atoms with van der Waals surface area (Å²) in [5, 5.41) is 8.76. The van der Waals surface area contributed by atoms with Crippen molar-refractivity contribution in [2.24, 2.45) is 0 Å². The number of halogens is 3. The maximum absolute atomic E-state index is 12.8. The third-order valence-electron chi connectivity index (χ3n) is 3.15. The molecule has 2 rings (SSSR count). The zero-order valence-corrected chi connectivity index (χ0v) is 8.92. The highest BCUT2D eigenvalue weighted by Crippen LogP contribution is 2.54. The van der Waals surface area contributed by atoms with Gasteiger partial charge in [-0.1, -0.05) is 18.2 Å². The fourth-order valence-corrected chi connectivity index (χ4v) is 2.17. The molecule has 5 heteroatoms. The zero-order valence-electron chi connectivity index (χ0n) is 8.92. The number of rotatable bonds is 3. The summed E-state index contributed by atoms with van der Waals surface area (Å²) in [5.74, 6) is -1.06. The van der Waals surface area contributed by atoms with Gasteiger partial charge < -0.3 is 5.11 Å². The van der Waals surface area contributed by atoms with Crippen molar-refractivity contribution in [3.8, 4) is 0 Å². The van der Waals surface area contributed by atoms with E-state index in [-0.39, 0.29) is 12.0 Å². The van der Waals surface area contributed by atoms with Crippen LogP contribution in [0.15, 0.2) is 24.3 Å². The van der Waals surface area contributed by atoms with E-state index in [1.807, 2.05) is 0 Å². The highest BCUT2D eigenvalue weighted by atomic mass is 19.4. The van der Waals surface area contributed by atoms with Crippen LogP contribution in [0.2, 0.25) is 0 Å². The van der Waals surface area contributed by atoms with Gasteiger partial charge in [-0.2, -0.15) is 13.2 Å².